The summed E-state index contributed by atoms with van der Waals surface area (Å²) in [5.74, 6) is -2.22. The van der Waals surface area contributed by atoms with Gasteiger partial charge in [-0.1, -0.05) is 0 Å². The monoisotopic (exact) mass is 393 g/mol. The van der Waals surface area contributed by atoms with Crippen LogP contribution in [-0.4, -0.2) is 36.6 Å². The van der Waals surface area contributed by atoms with Crippen molar-refractivity contribution in [2.24, 2.45) is 0 Å². The van der Waals surface area contributed by atoms with Gasteiger partial charge in [0.2, 0.25) is 0 Å². The van der Waals surface area contributed by atoms with Crippen molar-refractivity contribution in [1.29, 1.82) is 0 Å². The number of nitrogens with zero attached hydrogens (tertiary/aromatic N) is 3. The minimum absolute atomic E-state index is 0.0391. The van der Waals surface area contributed by atoms with E-state index in [9.17, 15) is 19.7 Å². The van der Waals surface area contributed by atoms with Gasteiger partial charge >= 0.3 is 11.9 Å². The number of nitro benzene ring substituents is 1. The van der Waals surface area contributed by atoms with Crippen LogP contribution in [-0.2, 0) is 9.59 Å². The molecule has 0 atom stereocenters. The first kappa shape index (κ1) is 19.5. The molecule has 146 valence electrons. The number of nitro groups is 1. The number of aliphatic carboxylic acids is 2. The van der Waals surface area contributed by atoms with Crippen LogP contribution >= 0.6 is 0 Å². The lowest BCUT2D eigenvalue weighted by molar-refractivity contribution is -0.384. The molecular weight excluding hydrogens is 378 g/mol. The lowest BCUT2D eigenvalue weighted by atomic mass is 10.1. The third kappa shape index (κ3) is 4.19. The van der Waals surface area contributed by atoms with Crippen LogP contribution in [0.3, 0.4) is 0 Å². The van der Waals surface area contributed by atoms with Crippen LogP contribution in [0.2, 0.25) is 0 Å². The third-order valence-electron chi connectivity index (χ3n) is 4.17. The number of aryl methyl sites for hydroxylation is 1. The maximum atomic E-state index is 11.0. The molecule has 3 rings (SSSR count). The van der Waals surface area contributed by atoms with Gasteiger partial charge in [0.25, 0.3) is 5.69 Å². The molecule has 0 radical (unpaired) electrons. The zero-order chi connectivity index (χ0) is 21.1. The van der Waals surface area contributed by atoms with Crippen molar-refractivity contribution in [3.05, 3.63) is 75.6 Å². The molecule has 0 saturated heterocycles. The summed E-state index contributed by atoms with van der Waals surface area (Å²) in [5, 5.41) is 29.3. The number of hydrogen-bond acceptors (Lipinski definition) is 5. The van der Waals surface area contributed by atoms with Crippen molar-refractivity contribution in [3.63, 3.8) is 0 Å². The maximum Gasteiger partial charge on any atom is 0.328 e. The Labute approximate surface area is 164 Å². The lowest BCUT2D eigenvalue weighted by Gasteiger charge is -2.08. The molecule has 0 spiro atoms. The van der Waals surface area contributed by atoms with Gasteiger partial charge in [0.1, 0.15) is 5.65 Å². The van der Waals surface area contributed by atoms with E-state index in [4.69, 9.17) is 10.2 Å². The summed E-state index contributed by atoms with van der Waals surface area (Å²) < 4.78 is 1.71. The molecule has 2 N–H and O–H groups in total. The van der Waals surface area contributed by atoms with Crippen molar-refractivity contribution in [2.75, 3.05) is 0 Å². The molecule has 0 unspecified atom stereocenters. The highest BCUT2D eigenvalue weighted by molar-refractivity contribution is 5.94. The molecule has 0 aliphatic carbocycles. The molecule has 9 heteroatoms. The number of hydrogen-bond donors (Lipinski definition) is 2. The first-order valence-corrected chi connectivity index (χ1v) is 8.35. The van der Waals surface area contributed by atoms with Crippen LogP contribution < -0.4 is 0 Å². The van der Waals surface area contributed by atoms with E-state index in [0.29, 0.717) is 33.4 Å². The first-order chi connectivity index (χ1) is 13.8. The molecule has 3 aromatic rings. The van der Waals surface area contributed by atoms with Gasteiger partial charge in [-0.15, -0.1) is 0 Å². The van der Waals surface area contributed by atoms with Crippen molar-refractivity contribution in [1.82, 2.24) is 9.55 Å². The molecule has 0 aliphatic rings. The van der Waals surface area contributed by atoms with Crippen LogP contribution in [0.15, 0.2) is 48.8 Å². The Morgan fingerprint density at radius 2 is 1.83 bits per heavy atom. The van der Waals surface area contributed by atoms with Gasteiger partial charge in [0.15, 0.2) is 0 Å². The second-order valence-electron chi connectivity index (χ2n) is 6.17. The second kappa shape index (κ2) is 7.77. The molecule has 9 nitrogen and oxygen atoms in total. The number of carbonyl (C=O) groups is 2. The molecule has 0 amide bonds. The van der Waals surface area contributed by atoms with Crippen LogP contribution in [0.4, 0.5) is 5.69 Å². The van der Waals surface area contributed by atoms with E-state index in [1.807, 2.05) is 0 Å². The van der Waals surface area contributed by atoms with Crippen LogP contribution in [0.25, 0.3) is 28.9 Å². The predicted octanol–water partition coefficient (Wildman–Crippen LogP) is 3.44. The predicted molar refractivity (Wildman–Crippen MR) is 106 cm³/mol. The number of pyridine rings is 1. The van der Waals surface area contributed by atoms with Crippen molar-refractivity contribution in [2.45, 2.75) is 6.92 Å². The molecule has 29 heavy (non-hydrogen) atoms. The van der Waals surface area contributed by atoms with E-state index in [-0.39, 0.29) is 5.69 Å². The molecule has 1 aromatic carbocycles. The number of non-ortho nitro benzene ring substituents is 1. The van der Waals surface area contributed by atoms with Crippen molar-refractivity contribution in [3.8, 4) is 5.69 Å². The summed E-state index contributed by atoms with van der Waals surface area (Å²) in [6.45, 7) is 1.73. The second-order valence-corrected chi connectivity index (χ2v) is 6.17. The van der Waals surface area contributed by atoms with E-state index < -0.39 is 16.9 Å². The molecule has 0 saturated carbocycles. The Morgan fingerprint density at radius 1 is 1.14 bits per heavy atom. The number of benzene rings is 1. The smallest absolute Gasteiger partial charge is 0.328 e. The quantitative estimate of drug-likeness (QED) is 0.372. The number of rotatable bonds is 6. The zero-order valence-electron chi connectivity index (χ0n) is 15.1. The summed E-state index contributed by atoms with van der Waals surface area (Å²) in [5.41, 5.74) is 2.84. The normalized spacial score (nSPS) is 11.5. The summed E-state index contributed by atoms with van der Waals surface area (Å²) >= 11 is 0. The molecule has 0 fully saturated rings. The van der Waals surface area contributed by atoms with Crippen LogP contribution in [0.1, 0.15) is 16.7 Å². The van der Waals surface area contributed by atoms with Gasteiger partial charge in [0, 0.05) is 47.6 Å². The largest absolute Gasteiger partial charge is 0.478 e. The third-order valence-corrected chi connectivity index (χ3v) is 4.17. The average molecular weight is 393 g/mol. The molecule has 2 heterocycles. The van der Waals surface area contributed by atoms with Crippen LogP contribution in [0, 0.1) is 17.0 Å². The molecular formula is C20H15N3O6. The summed E-state index contributed by atoms with van der Waals surface area (Å²) in [4.78, 5) is 36.6. The number of carboxylic acids is 2. The number of carboxylic acid groups (broad SMARTS) is 2. The minimum atomic E-state index is -1.12. The highest BCUT2D eigenvalue weighted by atomic mass is 16.6. The lowest BCUT2D eigenvalue weighted by Crippen LogP contribution is -1.98. The van der Waals surface area contributed by atoms with Crippen molar-refractivity contribution >= 4 is 40.8 Å². The topological polar surface area (TPSA) is 136 Å². The molecule has 2 aromatic heterocycles. The standard InChI is InChI=1S/C20H15N3O6/c1-12-8-15(23(28)29)4-5-17(12)22-11-14(3-7-19(26)27)16-9-13(2-6-18(24)25)10-21-20(16)22/h2-11H,1H3,(H,24,25)(H,26,27). The minimum Gasteiger partial charge on any atom is -0.478 e. The maximum absolute atomic E-state index is 11.0. The Morgan fingerprint density at radius 3 is 2.45 bits per heavy atom. The van der Waals surface area contributed by atoms with Crippen molar-refractivity contribution < 1.29 is 24.7 Å². The highest BCUT2D eigenvalue weighted by Crippen LogP contribution is 2.28. The number of fused-ring (bicyclic) bond motifs is 1. The van der Waals surface area contributed by atoms with Gasteiger partial charge < -0.3 is 14.8 Å². The van der Waals surface area contributed by atoms with E-state index >= 15 is 0 Å². The number of aromatic nitrogens is 2. The fourth-order valence-corrected chi connectivity index (χ4v) is 2.91. The van der Waals surface area contributed by atoms with E-state index in [0.717, 1.165) is 12.2 Å². The SMILES string of the molecule is Cc1cc([N+](=O)[O-])ccc1-n1cc(C=CC(=O)O)c2cc(C=CC(=O)O)cnc21. The van der Waals surface area contributed by atoms with E-state index in [2.05, 4.69) is 4.98 Å². The fraction of sp³-hybridized carbons (Fsp3) is 0.0500. The Bertz CT molecular complexity index is 1210. The van der Waals surface area contributed by atoms with E-state index in [1.54, 1.807) is 29.8 Å². The Kier molecular flexibility index (Phi) is 5.22. The average Bonchev–Trinajstić information content (AvgIpc) is 3.02. The highest BCUT2D eigenvalue weighted by Gasteiger charge is 2.14. The van der Waals surface area contributed by atoms with Crippen LogP contribution in [0.5, 0.6) is 0 Å². The van der Waals surface area contributed by atoms with Gasteiger partial charge in [-0.3, -0.25) is 10.1 Å². The summed E-state index contributed by atoms with van der Waals surface area (Å²) in [7, 11) is 0. The molecule has 0 bridgehead atoms. The Balaban J connectivity index is 2.21. The summed E-state index contributed by atoms with van der Waals surface area (Å²) in [6, 6.07) is 6.11. The summed E-state index contributed by atoms with van der Waals surface area (Å²) in [6.07, 6.45) is 7.93. The zero-order valence-corrected chi connectivity index (χ0v) is 15.1. The van der Waals surface area contributed by atoms with Gasteiger partial charge in [-0.05, 0) is 42.3 Å². The van der Waals surface area contributed by atoms with Gasteiger partial charge in [0.05, 0.1) is 10.6 Å². The fourth-order valence-electron chi connectivity index (χ4n) is 2.91. The molecule has 0 aliphatic heterocycles. The van der Waals surface area contributed by atoms with Gasteiger partial charge in [-0.2, -0.15) is 0 Å². The Hall–Kier alpha value is -4.27. The first-order valence-electron chi connectivity index (χ1n) is 8.35. The van der Waals surface area contributed by atoms with Gasteiger partial charge in [-0.25, -0.2) is 14.6 Å². The van der Waals surface area contributed by atoms with E-state index in [1.165, 1.54) is 30.5 Å².